The first-order chi connectivity index (χ1) is 10.6. The molecule has 3 rings (SSSR count). The number of sulfonamides is 1. The molecular weight excluding hydrogens is 334 g/mol. The van der Waals surface area contributed by atoms with Crippen LogP contribution in [0.4, 0.5) is 0 Å². The fourth-order valence-electron chi connectivity index (χ4n) is 3.37. The van der Waals surface area contributed by atoms with Crippen molar-refractivity contribution in [3.05, 3.63) is 35.4 Å². The van der Waals surface area contributed by atoms with Crippen molar-refractivity contribution in [3.63, 3.8) is 0 Å². The van der Waals surface area contributed by atoms with E-state index in [0.29, 0.717) is 19.1 Å². The summed E-state index contributed by atoms with van der Waals surface area (Å²) in [6.07, 6.45) is 0.951. The van der Waals surface area contributed by atoms with Crippen LogP contribution in [-0.4, -0.2) is 62.9 Å². The van der Waals surface area contributed by atoms with Crippen LogP contribution < -0.4 is 5.32 Å². The van der Waals surface area contributed by atoms with E-state index in [-0.39, 0.29) is 18.2 Å². The molecule has 1 unspecified atom stereocenters. The number of nitrogens with zero attached hydrogens (tertiary/aromatic N) is 2. The molecule has 0 saturated carbocycles. The summed E-state index contributed by atoms with van der Waals surface area (Å²) in [4.78, 5) is 2.43. The molecule has 0 aromatic heterocycles. The van der Waals surface area contributed by atoms with Gasteiger partial charge in [-0.1, -0.05) is 24.3 Å². The summed E-state index contributed by atoms with van der Waals surface area (Å²) >= 11 is 0. The summed E-state index contributed by atoms with van der Waals surface area (Å²) in [6, 6.07) is 8.12. The number of hydrogen-bond acceptors (Lipinski definition) is 4. The minimum absolute atomic E-state index is 0. The number of halogens is 1. The van der Waals surface area contributed by atoms with E-state index >= 15 is 0 Å². The summed E-state index contributed by atoms with van der Waals surface area (Å²) in [5.74, 6) is 0.119. The van der Waals surface area contributed by atoms with Crippen molar-refractivity contribution in [2.24, 2.45) is 0 Å². The highest BCUT2D eigenvalue weighted by Gasteiger charge is 2.34. The van der Waals surface area contributed by atoms with Gasteiger partial charge in [-0.2, -0.15) is 0 Å². The zero-order valence-electron chi connectivity index (χ0n) is 13.6. The SMILES string of the molecule is Cc1ccccc1CS(=O)(=O)N1CCC(N2CCNCC2)C1.Cl. The van der Waals surface area contributed by atoms with Gasteiger partial charge in [-0.3, -0.25) is 4.90 Å². The van der Waals surface area contributed by atoms with Gasteiger partial charge < -0.3 is 5.32 Å². The topological polar surface area (TPSA) is 52.7 Å². The average Bonchev–Trinajstić information content (AvgIpc) is 3.01. The highest BCUT2D eigenvalue weighted by molar-refractivity contribution is 7.88. The molecule has 23 heavy (non-hydrogen) atoms. The number of piperazine rings is 1. The second kappa shape index (κ2) is 7.94. The van der Waals surface area contributed by atoms with Crippen LogP contribution in [-0.2, 0) is 15.8 Å². The third-order valence-electron chi connectivity index (χ3n) is 4.79. The highest BCUT2D eigenvalue weighted by Crippen LogP contribution is 2.22. The molecule has 130 valence electrons. The minimum atomic E-state index is -3.22. The standard InChI is InChI=1S/C16H25N3O2S.ClH/c1-14-4-2-3-5-15(14)13-22(20,21)19-9-6-16(12-19)18-10-7-17-8-11-18;/h2-5,16-17H,6-13H2,1H3;1H. The first-order valence-electron chi connectivity index (χ1n) is 8.03. The molecule has 0 radical (unpaired) electrons. The lowest BCUT2D eigenvalue weighted by molar-refractivity contribution is 0.179. The van der Waals surface area contributed by atoms with Gasteiger partial charge in [0.15, 0.2) is 0 Å². The Morgan fingerprint density at radius 3 is 2.57 bits per heavy atom. The second-order valence-electron chi connectivity index (χ2n) is 6.27. The van der Waals surface area contributed by atoms with Crippen LogP contribution in [0.3, 0.4) is 0 Å². The predicted octanol–water partition coefficient (Wildman–Crippen LogP) is 1.23. The van der Waals surface area contributed by atoms with Crippen molar-refractivity contribution < 1.29 is 8.42 Å². The van der Waals surface area contributed by atoms with Crippen LogP contribution in [0.2, 0.25) is 0 Å². The summed E-state index contributed by atoms with van der Waals surface area (Å²) in [5.41, 5.74) is 1.96. The van der Waals surface area contributed by atoms with E-state index in [0.717, 1.165) is 43.7 Å². The van der Waals surface area contributed by atoms with Crippen molar-refractivity contribution in [3.8, 4) is 0 Å². The zero-order chi connectivity index (χ0) is 15.6. The molecule has 2 aliphatic heterocycles. The molecule has 0 aliphatic carbocycles. The maximum absolute atomic E-state index is 12.7. The molecule has 1 aromatic carbocycles. The van der Waals surface area contributed by atoms with Crippen molar-refractivity contribution in [1.82, 2.24) is 14.5 Å². The van der Waals surface area contributed by atoms with Crippen molar-refractivity contribution in [1.29, 1.82) is 0 Å². The van der Waals surface area contributed by atoms with Crippen LogP contribution in [0.5, 0.6) is 0 Å². The summed E-state index contributed by atoms with van der Waals surface area (Å²) < 4.78 is 27.0. The average molecular weight is 360 g/mol. The summed E-state index contributed by atoms with van der Waals surface area (Å²) in [5, 5.41) is 3.35. The quantitative estimate of drug-likeness (QED) is 0.878. The highest BCUT2D eigenvalue weighted by atomic mass is 35.5. The van der Waals surface area contributed by atoms with Crippen LogP contribution in [0, 0.1) is 6.92 Å². The van der Waals surface area contributed by atoms with Gasteiger partial charge in [0, 0.05) is 45.3 Å². The molecule has 0 amide bonds. The number of benzene rings is 1. The van der Waals surface area contributed by atoms with Gasteiger partial charge in [-0.15, -0.1) is 12.4 Å². The fourth-order valence-corrected chi connectivity index (χ4v) is 5.05. The molecule has 0 bridgehead atoms. The number of rotatable bonds is 4. The van der Waals surface area contributed by atoms with Gasteiger partial charge in [0.05, 0.1) is 5.75 Å². The summed E-state index contributed by atoms with van der Waals surface area (Å²) in [6.45, 7) is 7.33. The van der Waals surface area contributed by atoms with E-state index in [2.05, 4.69) is 10.2 Å². The lowest BCUT2D eigenvalue weighted by Gasteiger charge is -2.32. The van der Waals surface area contributed by atoms with Gasteiger partial charge >= 0.3 is 0 Å². The Hall–Kier alpha value is -0.660. The molecule has 1 N–H and O–H groups in total. The Morgan fingerprint density at radius 1 is 1.17 bits per heavy atom. The normalized spacial score (nSPS) is 23.6. The molecule has 5 nitrogen and oxygen atoms in total. The van der Waals surface area contributed by atoms with Gasteiger partial charge in [0.1, 0.15) is 0 Å². The maximum atomic E-state index is 12.7. The summed E-state index contributed by atoms with van der Waals surface area (Å²) in [7, 11) is -3.22. The fraction of sp³-hybridized carbons (Fsp3) is 0.625. The number of nitrogens with one attached hydrogen (secondary N) is 1. The second-order valence-corrected chi connectivity index (χ2v) is 8.24. The number of aryl methyl sites for hydroxylation is 1. The monoisotopic (exact) mass is 359 g/mol. The first-order valence-corrected chi connectivity index (χ1v) is 9.64. The number of hydrogen-bond donors (Lipinski definition) is 1. The van der Waals surface area contributed by atoms with E-state index in [4.69, 9.17) is 0 Å². The first kappa shape index (κ1) is 18.7. The molecule has 2 aliphatic rings. The van der Waals surface area contributed by atoms with E-state index in [1.807, 2.05) is 31.2 Å². The van der Waals surface area contributed by atoms with Crippen molar-refractivity contribution in [2.75, 3.05) is 39.3 Å². The molecule has 7 heteroatoms. The minimum Gasteiger partial charge on any atom is -0.314 e. The molecule has 2 heterocycles. The third kappa shape index (κ3) is 4.45. The van der Waals surface area contributed by atoms with Crippen molar-refractivity contribution >= 4 is 22.4 Å². The van der Waals surface area contributed by atoms with Gasteiger partial charge in [-0.25, -0.2) is 12.7 Å². The third-order valence-corrected chi connectivity index (χ3v) is 6.58. The molecular formula is C16H26ClN3O2S. The van der Waals surface area contributed by atoms with Crippen LogP contribution >= 0.6 is 12.4 Å². The predicted molar refractivity (Wildman–Crippen MR) is 95.5 cm³/mol. The lowest BCUT2D eigenvalue weighted by Crippen LogP contribution is -2.49. The van der Waals surface area contributed by atoms with Gasteiger partial charge in [0.25, 0.3) is 0 Å². The van der Waals surface area contributed by atoms with Crippen LogP contribution in [0.15, 0.2) is 24.3 Å². The Bertz CT molecular complexity index is 618. The molecule has 0 spiro atoms. The zero-order valence-corrected chi connectivity index (χ0v) is 15.2. The van der Waals surface area contributed by atoms with Crippen LogP contribution in [0.25, 0.3) is 0 Å². The van der Waals surface area contributed by atoms with Crippen molar-refractivity contribution in [2.45, 2.75) is 25.1 Å². The Kier molecular flexibility index (Phi) is 6.45. The largest absolute Gasteiger partial charge is 0.314 e. The maximum Gasteiger partial charge on any atom is 0.218 e. The van der Waals surface area contributed by atoms with Gasteiger partial charge in [0.2, 0.25) is 10.0 Å². The van der Waals surface area contributed by atoms with Gasteiger partial charge in [-0.05, 0) is 24.5 Å². The van der Waals surface area contributed by atoms with E-state index in [1.54, 1.807) is 4.31 Å². The van der Waals surface area contributed by atoms with E-state index < -0.39 is 10.0 Å². The Morgan fingerprint density at radius 2 is 1.87 bits per heavy atom. The van der Waals surface area contributed by atoms with Crippen LogP contribution in [0.1, 0.15) is 17.5 Å². The Labute approximate surface area is 145 Å². The van der Waals surface area contributed by atoms with E-state index in [9.17, 15) is 8.42 Å². The Balaban J connectivity index is 0.00000192. The molecule has 2 saturated heterocycles. The molecule has 2 fully saturated rings. The van der Waals surface area contributed by atoms with E-state index in [1.165, 1.54) is 0 Å². The lowest BCUT2D eigenvalue weighted by atomic mass is 10.1. The molecule has 1 aromatic rings. The smallest absolute Gasteiger partial charge is 0.218 e. The molecule has 1 atom stereocenters.